The monoisotopic (exact) mass is 355 g/mol. The number of para-hydroxylation sites is 3. The predicted molar refractivity (Wildman–Crippen MR) is 103 cm³/mol. The van der Waals surface area contributed by atoms with Gasteiger partial charge >= 0.3 is 6.03 Å². The number of anilines is 2. The summed E-state index contributed by atoms with van der Waals surface area (Å²) in [5.41, 5.74) is 1.24. The van der Waals surface area contributed by atoms with E-state index < -0.39 is 12.1 Å². The molecule has 26 heavy (non-hydrogen) atoms. The van der Waals surface area contributed by atoms with Gasteiger partial charge in [0.25, 0.3) is 0 Å². The summed E-state index contributed by atoms with van der Waals surface area (Å²) in [6.07, 6.45) is 0. The maximum Gasteiger partial charge on any atom is 0.319 e. The Balaban J connectivity index is 2.04. The summed E-state index contributed by atoms with van der Waals surface area (Å²) in [6, 6.07) is 15.2. The topological polar surface area (TPSA) is 79.5 Å². The van der Waals surface area contributed by atoms with Gasteiger partial charge in [-0.15, -0.1) is 0 Å². The fourth-order valence-corrected chi connectivity index (χ4v) is 2.43. The highest BCUT2D eigenvalue weighted by Gasteiger charge is 2.25. The van der Waals surface area contributed by atoms with Crippen molar-refractivity contribution in [2.24, 2.45) is 5.92 Å². The maximum atomic E-state index is 12.7. The van der Waals surface area contributed by atoms with Crippen LogP contribution in [0.4, 0.5) is 16.2 Å². The maximum absolute atomic E-state index is 12.7. The zero-order valence-electron chi connectivity index (χ0n) is 15.3. The highest BCUT2D eigenvalue weighted by Crippen LogP contribution is 2.24. The number of carbonyl (C=O) groups excluding carboxylic acids is 2. The summed E-state index contributed by atoms with van der Waals surface area (Å²) in [7, 11) is 0. The number of amides is 3. The molecule has 0 fully saturated rings. The van der Waals surface area contributed by atoms with Gasteiger partial charge in [-0.25, -0.2) is 4.79 Å². The van der Waals surface area contributed by atoms with E-state index in [1.54, 1.807) is 24.3 Å². The number of nitrogens with one attached hydrogen (secondary N) is 3. The minimum atomic E-state index is -0.687. The molecule has 3 N–H and O–H groups in total. The van der Waals surface area contributed by atoms with Gasteiger partial charge < -0.3 is 20.7 Å². The number of rotatable bonds is 7. The molecule has 0 bridgehead atoms. The molecule has 0 aliphatic rings. The number of carbonyl (C=O) groups is 2. The first-order valence-electron chi connectivity index (χ1n) is 8.66. The van der Waals surface area contributed by atoms with Crippen LogP contribution < -0.4 is 20.7 Å². The van der Waals surface area contributed by atoms with E-state index in [4.69, 9.17) is 4.74 Å². The smallest absolute Gasteiger partial charge is 0.319 e. The molecule has 1 atom stereocenters. The van der Waals surface area contributed by atoms with Crippen molar-refractivity contribution < 1.29 is 14.3 Å². The van der Waals surface area contributed by atoms with Gasteiger partial charge in [0.2, 0.25) is 5.91 Å². The molecule has 6 heteroatoms. The van der Waals surface area contributed by atoms with Crippen molar-refractivity contribution in [3.05, 3.63) is 54.6 Å². The molecule has 138 valence electrons. The van der Waals surface area contributed by atoms with Crippen LogP contribution in [-0.2, 0) is 4.79 Å². The van der Waals surface area contributed by atoms with Crippen LogP contribution in [0.25, 0.3) is 0 Å². The molecule has 2 rings (SSSR count). The highest BCUT2D eigenvalue weighted by molar-refractivity contribution is 6.00. The van der Waals surface area contributed by atoms with Crippen molar-refractivity contribution in [3.8, 4) is 5.75 Å². The third-order valence-electron chi connectivity index (χ3n) is 3.71. The lowest BCUT2D eigenvalue weighted by Crippen LogP contribution is -2.48. The van der Waals surface area contributed by atoms with Crippen molar-refractivity contribution in [2.45, 2.75) is 26.8 Å². The SMILES string of the molecule is CCOc1ccccc1NC(=O)[C@H](NC(=O)Nc1ccccc1)C(C)C. The van der Waals surface area contributed by atoms with Gasteiger partial charge in [-0.1, -0.05) is 44.2 Å². The number of urea groups is 1. The first kappa shape index (κ1) is 19.3. The fraction of sp³-hybridized carbons (Fsp3) is 0.300. The van der Waals surface area contributed by atoms with Gasteiger partial charge in [0.15, 0.2) is 0 Å². The quantitative estimate of drug-likeness (QED) is 0.705. The van der Waals surface area contributed by atoms with Gasteiger partial charge in [-0.05, 0) is 37.1 Å². The molecule has 0 saturated heterocycles. The van der Waals surface area contributed by atoms with Gasteiger partial charge in [0, 0.05) is 5.69 Å². The van der Waals surface area contributed by atoms with Gasteiger partial charge in [0.05, 0.1) is 12.3 Å². The molecular weight excluding hydrogens is 330 g/mol. The second-order valence-electron chi connectivity index (χ2n) is 6.10. The zero-order valence-corrected chi connectivity index (χ0v) is 15.3. The van der Waals surface area contributed by atoms with Crippen LogP contribution >= 0.6 is 0 Å². The third-order valence-corrected chi connectivity index (χ3v) is 3.71. The summed E-state index contributed by atoms with van der Waals surface area (Å²) >= 11 is 0. The second kappa shape index (κ2) is 9.46. The van der Waals surface area contributed by atoms with E-state index in [0.29, 0.717) is 23.7 Å². The van der Waals surface area contributed by atoms with Crippen molar-refractivity contribution in [1.29, 1.82) is 0 Å². The summed E-state index contributed by atoms with van der Waals surface area (Å²) < 4.78 is 5.52. The second-order valence-corrected chi connectivity index (χ2v) is 6.10. The van der Waals surface area contributed by atoms with E-state index in [2.05, 4.69) is 16.0 Å². The van der Waals surface area contributed by atoms with Crippen LogP contribution in [0.3, 0.4) is 0 Å². The Morgan fingerprint density at radius 2 is 1.62 bits per heavy atom. The Kier molecular flexibility index (Phi) is 7.02. The average molecular weight is 355 g/mol. The Hall–Kier alpha value is -3.02. The lowest BCUT2D eigenvalue weighted by molar-refractivity contribution is -0.118. The molecule has 0 aliphatic carbocycles. The zero-order chi connectivity index (χ0) is 18.9. The van der Waals surface area contributed by atoms with Crippen molar-refractivity contribution in [3.63, 3.8) is 0 Å². The first-order chi connectivity index (χ1) is 12.5. The molecule has 0 radical (unpaired) electrons. The Labute approximate surface area is 153 Å². The van der Waals surface area contributed by atoms with Crippen LogP contribution in [0.2, 0.25) is 0 Å². The molecule has 0 unspecified atom stereocenters. The normalized spacial score (nSPS) is 11.5. The van der Waals surface area contributed by atoms with E-state index in [0.717, 1.165) is 0 Å². The summed E-state index contributed by atoms with van der Waals surface area (Å²) in [5, 5.41) is 8.30. The largest absolute Gasteiger partial charge is 0.492 e. The number of benzene rings is 2. The molecule has 2 aromatic rings. The van der Waals surface area contributed by atoms with E-state index in [9.17, 15) is 9.59 Å². The van der Waals surface area contributed by atoms with Crippen molar-refractivity contribution in [2.75, 3.05) is 17.2 Å². The van der Waals surface area contributed by atoms with Gasteiger partial charge in [-0.2, -0.15) is 0 Å². The van der Waals surface area contributed by atoms with Crippen molar-refractivity contribution in [1.82, 2.24) is 5.32 Å². The van der Waals surface area contributed by atoms with Crippen LogP contribution in [0.1, 0.15) is 20.8 Å². The lowest BCUT2D eigenvalue weighted by atomic mass is 10.0. The standard InChI is InChI=1S/C20H25N3O3/c1-4-26-17-13-9-8-12-16(17)22-19(24)18(14(2)3)23-20(25)21-15-10-6-5-7-11-15/h5-14,18H,4H2,1-3H3,(H,22,24)(H2,21,23,25)/t18-/m1/s1. The summed E-state index contributed by atoms with van der Waals surface area (Å²) in [5.74, 6) is 0.214. The fourth-order valence-electron chi connectivity index (χ4n) is 2.43. The molecule has 0 aliphatic heterocycles. The van der Waals surface area contributed by atoms with Crippen LogP contribution in [-0.4, -0.2) is 24.6 Å². The summed E-state index contributed by atoms with van der Waals surface area (Å²) in [6.45, 7) is 6.13. The van der Waals surface area contributed by atoms with Crippen LogP contribution in [0.5, 0.6) is 5.75 Å². The minimum Gasteiger partial charge on any atom is -0.492 e. The van der Waals surface area contributed by atoms with Crippen LogP contribution in [0, 0.1) is 5.92 Å². The Morgan fingerprint density at radius 1 is 0.962 bits per heavy atom. The lowest BCUT2D eigenvalue weighted by Gasteiger charge is -2.22. The van der Waals surface area contributed by atoms with Gasteiger partial charge in [0.1, 0.15) is 11.8 Å². The Bertz CT molecular complexity index is 732. The average Bonchev–Trinajstić information content (AvgIpc) is 2.62. The number of hydrogen-bond acceptors (Lipinski definition) is 3. The first-order valence-corrected chi connectivity index (χ1v) is 8.66. The Morgan fingerprint density at radius 3 is 2.27 bits per heavy atom. The van der Waals surface area contributed by atoms with E-state index >= 15 is 0 Å². The molecule has 6 nitrogen and oxygen atoms in total. The molecule has 0 saturated carbocycles. The van der Waals surface area contributed by atoms with E-state index in [1.807, 2.05) is 51.1 Å². The molecule has 0 heterocycles. The molecule has 2 aromatic carbocycles. The molecule has 0 spiro atoms. The molecule has 3 amide bonds. The third kappa shape index (κ3) is 5.51. The number of ether oxygens (including phenoxy) is 1. The molecular formula is C20H25N3O3. The van der Waals surface area contributed by atoms with E-state index in [1.165, 1.54) is 0 Å². The van der Waals surface area contributed by atoms with Crippen LogP contribution in [0.15, 0.2) is 54.6 Å². The minimum absolute atomic E-state index is 0.0872. The number of hydrogen-bond donors (Lipinski definition) is 3. The predicted octanol–water partition coefficient (Wildman–Crippen LogP) is 3.87. The van der Waals surface area contributed by atoms with Crippen molar-refractivity contribution >= 4 is 23.3 Å². The molecule has 0 aromatic heterocycles. The van der Waals surface area contributed by atoms with Gasteiger partial charge in [-0.3, -0.25) is 4.79 Å². The summed E-state index contributed by atoms with van der Waals surface area (Å²) in [4.78, 5) is 24.9. The van der Waals surface area contributed by atoms with E-state index in [-0.39, 0.29) is 11.8 Å². The highest BCUT2D eigenvalue weighted by atomic mass is 16.5.